The highest BCUT2D eigenvalue weighted by atomic mass is 16.3. The van der Waals surface area contributed by atoms with Crippen molar-refractivity contribution in [2.24, 2.45) is 17.6 Å². The average molecular weight is 228 g/mol. The predicted molar refractivity (Wildman–Crippen MR) is 63.8 cm³/mol. The Bertz CT molecular complexity index is 215. The molecule has 16 heavy (non-hydrogen) atoms. The molecule has 94 valence electrons. The van der Waals surface area contributed by atoms with E-state index < -0.39 is 0 Å². The first-order valence-electron chi connectivity index (χ1n) is 6.29. The Morgan fingerprint density at radius 3 is 2.69 bits per heavy atom. The number of carbonyl (C=O) groups is 1. The molecule has 0 saturated carbocycles. The molecule has 1 fully saturated rings. The van der Waals surface area contributed by atoms with E-state index >= 15 is 0 Å². The molecule has 1 aliphatic rings. The molecular formula is C12H24N2O2. The van der Waals surface area contributed by atoms with E-state index in [1.54, 1.807) is 0 Å². The molecule has 0 aromatic heterocycles. The molecule has 1 atom stereocenters. The maximum atomic E-state index is 11.7. The van der Waals surface area contributed by atoms with Gasteiger partial charge in [0.15, 0.2) is 0 Å². The third-order valence-electron chi connectivity index (χ3n) is 3.49. The Labute approximate surface area is 97.8 Å². The minimum atomic E-state index is 0.203. The first-order valence-corrected chi connectivity index (χ1v) is 6.29. The summed E-state index contributed by atoms with van der Waals surface area (Å²) in [5.41, 5.74) is 5.52. The lowest BCUT2D eigenvalue weighted by Gasteiger charge is -2.38. The molecule has 0 spiro atoms. The Hall–Kier alpha value is -0.610. The van der Waals surface area contributed by atoms with Gasteiger partial charge in [0.05, 0.1) is 0 Å². The van der Waals surface area contributed by atoms with Crippen LogP contribution in [-0.4, -0.2) is 42.2 Å². The highest BCUT2D eigenvalue weighted by molar-refractivity contribution is 5.76. The Kier molecular flexibility index (Phi) is 5.77. The summed E-state index contributed by atoms with van der Waals surface area (Å²) in [6, 6.07) is 0. The summed E-state index contributed by atoms with van der Waals surface area (Å²) in [7, 11) is 0. The number of hydrogen-bond acceptors (Lipinski definition) is 3. The van der Waals surface area contributed by atoms with Gasteiger partial charge in [0.25, 0.3) is 0 Å². The van der Waals surface area contributed by atoms with Gasteiger partial charge in [-0.05, 0) is 25.3 Å². The van der Waals surface area contributed by atoms with Crippen molar-refractivity contribution in [1.29, 1.82) is 0 Å². The smallest absolute Gasteiger partial charge is 0.222 e. The number of amides is 1. The molecule has 0 aromatic carbocycles. The fraction of sp³-hybridized carbons (Fsp3) is 0.917. The molecule has 1 heterocycles. The number of aliphatic hydroxyl groups excluding tert-OH is 1. The quantitative estimate of drug-likeness (QED) is 0.670. The maximum absolute atomic E-state index is 11.7. The lowest BCUT2D eigenvalue weighted by atomic mass is 9.95. The number of aliphatic hydroxyl groups is 1. The van der Waals surface area contributed by atoms with Crippen molar-refractivity contribution in [3.05, 3.63) is 0 Å². The largest absolute Gasteiger partial charge is 0.396 e. The summed E-state index contributed by atoms with van der Waals surface area (Å²) >= 11 is 0. The van der Waals surface area contributed by atoms with Crippen LogP contribution >= 0.6 is 0 Å². The van der Waals surface area contributed by atoms with Crippen molar-refractivity contribution in [1.82, 2.24) is 4.90 Å². The van der Waals surface area contributed by atoms with Crippen LogP contribution in [0.25, 0.3) is 0 Å². The van der Waals surface area contributed by atoms with E-state index in [1.165, 1.54) is 0 Å². The predicted octanol–water partition coefficient (Wildman–Crippen LogP) is 0.592. The van der Waals surface area contributed by atoms with Crippen LogP contribution < -0.4 is 5.73 Å². The van der Waals surface area contributed by atoms with Gasteiger partial charge in [-0.15, -0.1) is 0 Å². The van der Waals surface area contributed by atoms with E-state index in [1.807, 2.05) is 4.90 Å². The van der Waals surface area contributed by atoms with Crippen LogP contribution in [0, 0.1) is 11.8 Å². The molecule has 1 saturated heterocycles. The van der Waals surface area contributed by atoms with Crippen molar-refractivity contribution < 1.29 is 9.90 Å². The highest BCUT2D eigenvalue weighted by Crippen LogP contribution is 2.19. The van der Waals surface area contributed by atoms with Gasteiger partial charge in [-0.25, -0.2) is 0 Å². The minimum Gasteiger partial charge on any atom is -0.396 e. The first kappa shape index (κ1) is 13.5. The van der Waals surface area contributed by atoms with Gasteiger partial charge in [-0.3, -0.25) is 4.79 Å². The first-order chi connectivity index (χ1) is 7.71. The minimum absolute atomic E-state index is 0.203. The number of nitrogens with zero attached hydrogens (tertiary/aromatic N) is 1. The zero-order chi connectivity index (χ0) is 12.0. The number of hydrogen-bond donors (Lipinski definition) is 2. The summed E-state index contributed by atoms with van der Waals surface area (Å²) in [6.45, 7) is 4.54. The van der Waals surface area contributed by atoms with Crippen LogP contribution in [-0.2, 0) is 4.79 Å². The van der Waals surface area contributed by atoms with Gasteiger partial charge in [-0.2, -0.15) is 0 Å². The third-order valence-corrected chi connectivity index (χ3v) is 3.49. The van der Waals surface area contributed by atoms with Gasteiger partial charge in [-0.1, -0.05) is 13.3 Å². The van der Waals surface area contributed by atoms with Crippen molar-refractivity contribution in [3.63, 3.8) is 0 Å². The standard InChI is InChI=1S/C12H24N2O2/c1-2-10(5-6-13)3-4-12(16)14-7-11(8-14)9-15/h10-11,15H,2-9,13H2,1H3. The van der Waals surface area contributed by atoms with Crippen LogP contribution in [0.1, 0.15) is 32.6 Å². The Morgan fingerprint density at radius 2 is 2.19 bits per heavy atom. The monoisotopic (exact) mass is 228 g/mol. The molecule has 4 heteroatoms. The number of nitrogens with two attached hydrogens (primary N) is 1. The third kappa shape index (κ3) is 3.76. The average Bonchev–Trinajstić information content (AvgIpc) is 2.22. The summed E-state index contributed by atoms with van der Waals surface area (Å²) in [4.78, 5) is 13.6. The highest BCUT2D eigenvalue weighted by Gasteiger charge is 2.29. The summed E-state index contributed by atoms with van der Waals surface area (Å²) in [6.07, 6.45) is 3.70. The fourth-order valence-electron chi connectivity index (χ4n) is 2.16. The summed E-state index contributed by atoms with van der Waals surface area (Å²) in [5, 5.41) is 8.86. The lowest BCUT2D eigenvalue weighted by Crippen LogP contribution is -2.51. The van der Waals surface area contributed by atoms with Crippen LogP contribution in [0.2, 0.25) is 0 Å². The van der Waals surface area contributed by atoms with Crippen molar-refractivity contribution in [3.8, 4) is 0 Å². The fourth-order valence-corrected chi connectivity index (χ4v) is 2.16. The van der Waals surface area contributed by atoms with Gasteiger partial charge >= 0.3 is 0 Å². The van der Waals surface area contributed by atoms with E-state index in [0.29, 0.717) is 24.8 Å². The molecule has 0 aromatic rings. The van der Waals surface area contributed by atoms with E-state index in [9.17, 15) is 4.79 Å². The molecule has 1 rings (SSSR count). The molecule has 0 aliphatic carbocycles. The molecule has 1 unspecified atom stereocenters. The van der Waals surface area contributed by atoms with Crippen LogP contribution in [0.4, 0.5) is 0 Å². The molecule has 3 N–H and O–H groups in total. The van der Waals surface area contributed by atoms with Gasteiger partial charge in [0, 0.05) is 32.0 Å². The number of rotatable bonds is 7. The van der Waals surface area contributed by atoms with Crippen LogP contribution in [0.15, 0.2) is 0 Å². The number of likely N-dealkylation sites (tertiary alicyclic amines) is 1. The molecule has 1 aliphatic heterocycles. The van der Waals surface area contributed by atoms with Gasteiger partial charge in [0.1, 0.15) is 0 Å². The van der Waals surface area contributed by atoms with Crippen LogP contribution in [0.3, 0.4) is 0 Å². The molecule has 0 radical (unpaired) electrons. The Balaban J connectivity index is 2.15. The van der Waals surface area contributed by atoms with E-state index in [0.717, 1.165) is 32.4 Å². The lowest BCUT2D eigenvalue weighted by molar-refractivity contribution is -0.138. The zero-order valence-corrected chi connectivity index (χ0v) is 10.2. The topological polar surface area (TPSA) is 66.6 Å². The number of carbonyl (C=O) groups excluding carboxylic acids is 1. The second-order valence-electron chi connectivity index (χ2n) is 4.74. The molecular weight excluding hydrogens is 204 g/mol. The zero-order valence-electron chi connectivity index (χ0n) is 10.2. The second-order valence-corrected chi connectivity index (χ2v) is 4.74. The van der Waals surface area contributed by atoms with Crippen LogP contribution in [0.5, 0.6) is 0 Å². The molecule has 1 amide bonds. The normalized spacial score (nSPS) is 18.3. The molecule has 4 nitrogen and oxygen atoms in total. The SMILES string of the molecule is CCC(CCN)CCC(=O)N1CC(CO)C1. The van der Waals surface area contributed by atoms with Crippen molar-refractivity contribution in [2.45, 2.75) is 32.6 Å². The summed E-state index contributed by atoms with van der Waals surface area (Å²) < 4.78 is 0. The van der Waals surface area contributed by atoms with Gasteiger partial charge < -0.3 is 15.7 Å². The molecule has 0 bridgehead atoms. The van der Waals surface area contributed by atoms with E-state index in [-0.39, 0.29) is 12.5 Å². The van der Waals surface area contributed by atoms with Crippen molar-refractivity contribution in [2.75, 3.05) is 26.2 Å². The second kappa shape index (κ2) is 6.86. The maximum Gasteiger partial charge on any atom is 0.222 e. The van der Waals surface area contributed by atoms with E-state index in [4.69, 9.17) is 10.8 Å². The van der Waals surface area contributed by atoms with Crippen molar-refractivity contribution >= 4 is 5.91 Å². The summed E-state index contributed by atoms with van der Waals surface area (Å²) in [5.74, 6) is 1.14. The Morgan fingerprint density at radius 1 is 1.50 bits per heavy atom. The van der Waals surface area contributed by atoms with E-state index in [2.05, 4.69) is 6.92 Å². The van der Waals surface area contributed by atoms with Gasteiger partial charge in [0.2, 0.25) is 5.91 Å².